The van der Waals surface area contributed by atoms with E-state index in [1.807, 2.05) is 0 Å². The highest BCUT2D eigenvalue weighted by Crippen LogP contribution is 2.76. The number of alkyl halides is 1. The number of nitrogens with zero attached hydrogens (tertiary/aromatic N) is 1. The summed E-state index contributed by atoms with van der Waals surface area (Å²) in [5.74, 6) is 2.36. The van der Waals surface area contributed by atoms with Crippen LogP contribution >= 0.6 is 0 Å². The molecule has 0 unspecified atom stereocenters. The van der Waals surface area contributed by atoms with Crippen molar-refractivity contribution in [1.82, 2.24) is 10.2 Å². The van der Waals surface area contributed by atoms with Crippen LogP contribution in [0.5, 0.6) is 0 Å². The highest BCUT2D eigenvalue weighted by molar-refractivity contribution is 7.92. The first-order chi connectivity index (χ1) is 24.4. The first-order valence-electron chi connectivity index (χ1n) is 20.9. The Hall–Kier alpha value is -1.51. The molecule has 6 aliphatic carbocycles. The minimum absolute atomic E-state index is 0.0159. The highest BCUT2D eigenvalue weighted by Gasteiger charge is 2.70. The maximum absolute atomic E-state index is 14.0. The van der Waals surface area contributed by atoms with Crippen LogP contribution in [-0.2, 0) is 14.6 Å². The van der Waals surface area contributed by atoms with Crippen molar-refractivity contribution in [1.29, 1.82) is 0 Å². The van der Waals surface area contributed by atoms with E-state index < -0.39 is 27.9 Å². The lowest BCUT2D eigenvalue weighted by Crippen LogP contribution is -2.68. The third kappa shape index (κ3) is 5.10. The van der Waals surface area contributed by atoms with E-state index in [-0.39, 0.29) is 44.9 Å². The van der Waals surface area contributed by atoms with E-state index in [2.05, 4.69) is 70.5 Å². The minimum atomic E-state index is -2.87. The van der Waals surface area contributed by atoms with E-state index in [4.69, 9.17) is 0 Å². The standard InChI is InChI=1S/C44H67FN2O4S/c1-28(2)32-12-19-44(46-22-23-47-25-31-24-30(47)26-52(31,50)51)21-20-41(6)34(37(32)44)8-9-36-40(5)15-13-33(39(3,4)35(40)14-16-42(36,41)7)29-10-17-43(27-45,18-11-29)38(48)49/h10,13,30-32,34-37,46H,1,8-9,11-12,14-27H2,2-7H3,(H,48,49)/t30-,31+,32+,34-,35+,36-,37-,40+,41-,42-,43+,44+/m1/s1. The van der Waals surface area contributed by atoms with Gasteiger partial charge in [-0.3, -0.25) is 9.69 Å². The van der Waals surface area contributed by atoms with Gasteiger partial charge in [0.15, 0.2) is 9.84 Å². The molecule has 6 fully saturated rings. The number of hydrogen-bond acceptors (Lipinski definition) is 5. The monoisotopic (exact) mass is 738 g/mol. The number of carbonyl (C=O) groups is 1. The molecular weight excluding hydrogens is 672 g/mol. The first kappa shape index (κ1) is 37.4. The predicted octanol–water partition coefficient (Wildman–Crippen LogP) is 8.54. The van der Waals surface area contributed by atoms with Crippen LogP contribution in [0.3, 0.4) is 0 Å². The third-order valence-corrected chi connectivity index (χ3v) is 20.8. The number of fused-ring (bicyclic) bond motifs is 9. The molecule has 2 bridgehead atoms. The smallest absolute Gasteiger partial charge is 0.312 e. The minimum Gasteiger partial charge on any atom is -0.481 e. The second-order valence-electron chi connectivity index (χ2n) is 20.8. The van der Waals surface area contributed by atoms with Crippen LogP contribution in [0.1, 0.15) is 125 Å². The molecule has 2 aliphatic heterocycles. The number of nitrogens with one attached hydrogen (secondary N) is 1. The number of rotatable bonds is 8. The van der Waals surface area contributed by atoms with Crippen LogP contribution in [0.25, 0.3) is 0 Å². The van der Waals surface area contributed by atoms with E-state index in [0.717, 1.165) is 32.5 Å². The molecule has 2 heterocycles. The lowest BCUT2D eigenvalue weighted by Gasteiger charge is -2.72. The molecule has 0 aromatic carbocycles. The summed E-state index contributed by atoms with van der Waals surface area (Å²) in [5, 5.41) is 13.9. The molecule has 0 amide bonds. The Kier molecular flexibility index (Phi) is 8.81. The molecule has 290 valence electrons. The van der Waals surface area contributed by atoms with Crippen molar-refractivity contribution in [2.75, 3.05) is 32.1 Å². The van der Waals surface area contributed by atoms with Gasteiger partial charge in [-0.2, -0.15) is 0 Å². The van der Waals surface area contributed by atoms with Crippen molar-refractivity contribution >= 4 is 15.8 Å². The van der Waals surface area contributed by atoms with Crippen molar-refractivity contribution in [3.63, 3.8) is 0 Å². The fourth-order valence-electron chi connectivity index (χ4n) is 15.6. The van der Waals surface area contributed by atoms with Crippen LogP contribution < -0.4 is 5.32 Å². The average Bonchev–Trinajstić information content (AvgIpc) is 3.75. The molecule has 2 N–H and O–H groups in total. The van der Waals surface area contributed by atoms with Crippen LogP contribution in [-0.4, -0.2) is 73.3 Å². The summed E-state index contributed by atoms with van der Waals surface area (Å²) in [6, 6.07) is 0.214. The van der Waals surface area contributed by atoms with Gasteiger partial charge in [-0.1, -0.05) is 58.9 Å². The van der Waals surface area contributed by atoms with E-state index in [1.165, 1.54) is 68.1 Å². The summed E-state index contributed by atoms with van der Waals surface area (Å²) in [5.41, 5.74) is 3.61. The fraction of sp³-hybridized carbons (Fsp3) is 0.841. The Bertz CT molecular complexity index is 1690. The number of aliphatic carboxylic acids is 1. The van der Waals surface area contributed by atoms with E-state index >= 15 is 0 Å². The van der Waals surface area contributed by atoms with Crippen molar-refractivity contribution in [2.45, 2.75) is 142 Å². The Morgan fingerprint density at radius 3 is 2.37 bits per heavy atom. The van der Waals surface area contributed by atoms with Crippen molar-refractivity contribution in [3.05, 3.63) is 35.5 Å². The fourth-order valence-corrected chi connectivity index (χ4v) is 17.7. The summed E-state index contributed by atoms with van der Waals surface area (Å²) < 4.78 is 38.8. The molecule has 0 aromatic heterocycles. The van der Waals surface area contributed by atoms with Crippen LogP contribution in [0.2, 0.25) is 0 Å². The van der Waals surface area contributed by atoms with Crippen LogP contribution in [0, 0.1) is 56.7 Å². The molecule has 8 heteroatoms. The van der Waals surface area contributed by atoms with E-state index in [0.29, 0.717) is 48.2 Å². The van der Waals surface area contributed by atoms with E-state index in [1.54, 1.807) is 0 Å². The van der Waals surface area contributed by atoms with Gasteiger partial charge < -0.3 is 10.4 Å². The molecule has 52 heavy (non-hydrogen) atoms. The van der Waals surface area contributed by atoms with Crippen LogP contribution in [0.4, 0.5) is 4.39 Å². The molecule has 6 nitrogen and oxygen atoms in total. The number of halogens is 1. The quantitative estimate of drug-likeness (QED) is 0.243. The van der Waals surface area contributed by atoms with Gasteiger partial charge in [-0.05, 0) is 153 Å². The van der Waals surface area contributed by atoms with Crippen molar-refractivity contribution < 1.29 is 22.7 Å². The molecule has 2 saturated heterocycles. The van der Waals surface area contributed by atoms with Gasteiger partial charge in [0.05, 0.1) is 16.4 Å². The number of carboxylic acid groups (broad SMARTS) is 1. The van der Waals surface area contributed by atoms with Gasteiger partial charge in [0.2, 0.25) is 0 Å². The number of carboxylic acids is 1. The van der Waals surface area contributed by atoms with Gasteiger partial charge in [0.1, 0.15) is 6.67 Å². The van der Waals surface area contributed by atoms with Crippen molar-refractivity contribution in [2.24, 2.45) is 56.7 Å². The van der Waals surface area contributed by atoms with Gasteiger partial charge in [-0.15, -0.1) is 0 Å². The summed E-state index contributed by atoms with van der Waals surface area (Å²) >= 11 is 0. The van der Waals surface area contributed by atoms with Crippen molar-refractivity contribution in [3.8, 4) is 0 Å². The number of allylic oxidation sites excluding steroid dienone is 5. The molecule has 0 aromatic rings. The highest BCUT2D eigenvalue weighted by atomic mass is 32.2. The second-order valence-corrected chi connectivity index (χ2v) is 23.1. The molecule has 0 radical (unpaired) electrons. The maximum Gasteiger partial charge on any atom is 0.312 e. The zero-order chi connectivity index (χ0) is 37.3. The molecule has 4 saturated carbocycles. The summed E-state index contributed by atoms with van der Waals surface area (Å²) in [6.07, 6.45) is 17.8. The summed E-state index contributed by atoms with van der Waals surface area (Å²) in [7, 11) is -2.87. The molecule has 8 rings (SSSR count). The molecular formula is C44H67FN2O4S. The normalized spacial score (nSPS) is 48.9. The molecule has 8 aliphatic rings. The van der Waals surface area contributed by atoms with Gasteiger partial charge in [0, 0.05) is 31.2 Å². The van der Waals surface area contributed by atoms with Gasteiger partial charge in [0.25, 0.3) is 0 Å². The van der Waals surface area contributed by atoms with E-state index in [9.17, 15) is 22.7 Å². The Morgan fingerprint density at radius 2 is 1.75 bits per heavy atom. The zero-order valence-electron chi connectivity index (χ0n) is 33.0. The Morgan fingerprint density at radius 1 is 0.981 bits per heavy atom. The molecule has 12 atom stereocenters. The first-order valence-corrected chi connectivity index (χ1v) is 22.6. The Labute approximate surface area is 313 Å². The topological polar surface area (TPSA) is 86.7 Å². The maximum atomic E-state index is 14.0. The second kappa shape index (κ2) is 12.2. The third-order valence-electron chi connectivity index (χ3n) is 18.6. The molecule has 0 spiro atoms. The SMILES string of the molecule is C=C(C)[C@@H]1CC[C@]2(NCCN3C[C@@H]4C[C@@H]3CS4(=O)=O)CC[C@]3(C)[C@H](CC[C@@H]4[C@@]5(C)CC=C(C6=CC[C@](CF)(C(=O)O)CC6)C(C)(C)[C@@H]5CC[C@]43C)[C@@H]12. The number of likely N-dealkylation sites (tertiary alicyclic amines) is 1. The number of hydrogen-bond donors (Lipinski definition) is 2. The lowest BCUT2D eigenvalue weighted by molar-refractivity contribution is -0.221. The number of sulfone groups is 1. The summed E-state index contributed by atoms with van der Waals surface area (Å²) in [4.78, 5) is 14.4. The zero-order valence-corrected chi connectivity index (χ0v) is 33.9. The van der Waals surface area contributed by atoms with Gasteiger partial charge in [-0.25, -0.2) is 12.8 Å². The predicted molar refractivity (Wildman–Crippen MR) is 206 cm³/mol. The van der Waals surface area contributed by atoms with Crippen LogP contribution in [0.15, 0.2) is 35.5 Å². The lowest BCUT2D eigenvalue weighted by atomic mass is 9.33. The van der Waals surface area contributed by atoms with Gasteiger partial charge >= 0.3 is 5.97 Å². The average molecular weight is 739 g/mol. The Balaban J connectivity index is 1.04. The summed E-state index contributed by atoms with van der Waals surface area (Å²) in [6.45, 7) is 21.6. The largest absolute Gasteiger partial charge is 0.481 e.